The lowest BCUT2D eigenvalue weighted by Crippen LogP contribution is -2.22. The summed E-state index contributed by atoms with van der Waals surface area (Å²) in [6.07, 6.45) is 1.53. The molecule has 5 nitrogen and oxygen atoms in total. The Kier molecular flexibility index (Phi) is 7.35. The first-order chi connectivity index (χ1) is 12.0. The second-order valence-corrected chi connectivity index (χ2v) is 6.74. The van der Waals surface area contributed by atoms with Gasteiger partial charge in [-0.2, -0.15) is 0 Å². The van der Waals surface area contributed by atoms with Crippen molar-refractivity contribution in [3.05, 3.63) is 57.8 Å². The summed E-state index contributed by atoms with van der Waals surface area (Å²) in [4.78, 5) is 36.2. The number of ketones is 1. The number of carbonyl (C=O) groups excluding carboxylic acids is 3. The van der Waals surface area contributed by atoms with Gasteiger partial charge in [-0.25, -0.2) is 0 Å². The topological polar surface area (TPSA) is 72.5 Å². The number of carbonyl (C=O) groups is 3. The van der Waals surface area contributed by atoms with Crippen LogP contribution in [0.15, 0.2) is 42.5 Å². The summed E-state index contributed by atoms with van der Waals surface area (Å²) in [5.41, 5.74) is 1.06. The lowest BCUT2D eigenvalue weighted by Gasteiger charge is -2.03. The van der Waals surface area contributed by atoms with Crippen LogP contribution in [0.5, 0.6) is 0 Å². The molecule has 0 saturated heterocycles. The van der Waals surface area contributed by atoms with Crippen molar-refractivity contribution in [3.8, 4) is 0 Å². The number of nitrogens with one attached hydrogen (secondary N) is 1. The number of amides is 1. The highest BCUT2D eigenvalue weighted by Crippen LogP contribution is 2.17. The minimum atomic E-state index is -0.375. The number of hydrogen-bond acceptors (Lipinski definition) is 5. The van der Waals surface area contributed by atoms with Crippen LogP contribution in [0.3, 0.4) is 0 Å². The van der Waals surface area contributed by atoms with Crippen LogP contribution in [0.4, 0.5) is 0 Å². The maximum atomic E-state index is 12.1. The van der Waals surface area contributed by atoms with E-state index in [1.165, 1.54) is 18.3 Å². The van der Waals surface area contributed by atoms with E-state index in [2.05, 4.69) is 5.32 Å². The van der Waals surface area contributed by atoms with Crippen LogP contribution in [-0.2, 0) is 27.2 Å². The highest BCUT2D eigenvalue weighted by atomic mass is 32.1. The third-order valence-corrected chi connectivity index (χ3v) is 4.69. The van der Waals surface area contributed by atoms with Crippen LogP contribution in [0.2, 0.25) is 0 Å². The Bertz CT molecular complexity index is 724. The van der Waals surface area contributed by atoms with Crippen LogP contribution < -0.4 is 5.32 Å². The van der Waals surface area contributed by atoms with Gasteiger partial charge in [0.25, 0.3) is 0 Å². The molecule has 0 aliphatic rings. The first kappa shape index (κ1) is 18.9. The SMILES string of the molecule is CC(=O)NCCc1ccc(C(=O)COC(=O)CCc2ccccc2)s1. The Balaban J connectivity index is 1.71. The molecule has 1 aromatic heterocycles. The zero-order valence-electron chi connectivity index (χ0n) is 14.1. The first-order valence-corrected chi connectivity index (χ1v) is 8.92. The molecule has 0 unspecified atom stereocenters. The van der Waals surface area contributed by atoms with Crippen LogP contribution in [-0.4, -0.2) is 30.8 Å². The van der Waals surface area contributed by atoms with Gasteiger partial charge in [-0.05, 0) is 30.5 Å². The molecule has 25 heavy (non-hydrogen) atoms. The van der Waals surface area contributed by atoms with Gasteiger partial charge in [-0.15, -0.1) is 11.3 Å². The fourth-order valence-electron chi connectivity index (χ4n) is 2.20. The van der Waals surface area contributed by atoms with Gasteiger partial charge in [0.15, 0.2) is 6.61 Å². The third kappa shape index (κ3) is 6.89. The summed E-state index contributed by atoms with van der Waals surface area (Å²) < 4.78 is 5.06. The molecule has 0 fully saturated rings. The van der Waals surface area contributed by atoms with E-state index in [4.69, 9.17) is 4.74 Å². The number of hydrogen-bond donors (Lipinski definition) is 1. The Morgan fingerprint density at radius 3 is 2.52 bits per heavy atom. The monoisotopic (exact) mass is 359 g/mol. The van der Waals surface area contributed by atoms with Gasteiger partial charge in [0.1, 0.15) is 0 Å². The Labute approximate surface area is 151 Å². The summed E-state index contributed by atoms with van der Waals surface area (Å²) >= 11 is 1.36. The van der Waals surface area contributed by atoms with Gasteiger partial charge in [-0.1, -0.05) is 30.3 Å². The van der Waals surface area contributed by atoms with Crippen LogP contribution in [0.25, 0.3) is 0 Å². The van der Waals surface area contributed by atoms with E-state index in [0.717, 1.165) is 10.4 Å². The third-order valence-electron chi connectivity index (χ3n) is 3.51. The molecule has 0 aliphatic heterocycles. The van der Waals surface area contributed by atoms with E-state index < -0.39 is 0 Å². The normalized spacial score (nSPS) is 10.3. The molecule has 1 aromatic carbocycles. The molecule has 0 bridgehead atoms. The van der Waals surface area contributed by atoms with Crippen molar-refractivity contribution in [2.45, 2.75) is 26.2 Å². The van der Waals surface area contributed by atoms with Crippen molar-refractivity contribution in [2.75, 3.05) is 13.2 Å². The average Bonchev–Trinajstić information content (AvgIpc) is 3.07. The average molecular weight is 359 g/mol. The largest absolute Gasteiger partial charge is 0.457 e. The summed E-state index contributed by atoms with van der Waals surface area (Å²) in [7, 11) is 0. The number of rotatable bonds is 9. The van der Waals surface area contributed by atoms with E-state index in [9.17, 15) is 14.4 Å². The number of Topliss-reactive ketones (excluding diaryl/α,β-unsaturated/α-hetero) is 1. The molecule has 1 N–H and O–H groups in total. The zero-order chi connectivity index (χ0) is 18.1. The van der Waals surface area contributed by atoms with Crippen molar-refractivity contribution in [3.63, 3.8) is 0 Å². The minimum Gasteiger partial charge on any atom is -0.457 e. The molecule has 0 aliphatic carbocycles. The van der Waals surface area contributed by atoms with E-state index in [-0.39, 0.29) is 30.7 Å². The number of ether oxygens (including phenoxy) is 1. The van der Waals surface area contributed by atoms with Crippen LogP contribution in [0.1, 0.15) is 33.5 Å². The molecule has 0 atom stereocenters. The zero-order valence-corrected chi connectivity index (χ0v) is 14.9. The molecule has 1 amide bonds. The van der Waals surface area contributed by atoms with E-state index in [1.807, 2.05) is 36.4 Å². The fraction of sp³-hybridized carbons (Fsp3) is 0.316. The summed E-state index contributed by atoms with van der Waals surface area (Å²) in [5, 5.41) is 2.71. The van der Waals surface area contributed by atoms with Gasteiger partial charge in [-0.3, -0.25) is 14.4 Å². The van der Waals surface area contributed by atoms with Crippen LogP contribution in [0, 0.1) is 0 Å². The highest BCUT2D eigenvalue weighted by Gasteiger charge is 2.12. The Hall–Kier alpha value is -2.47. The van der Waals surface area contributed by atoms with Gasteiger partial charge < -0.3 is 10.1 Å². The maximum Gasteiger partial charge on any atom is 0.306 e. The lowest BCUT2D eigenvalue weighted by atomic mass is 10.1. The summed E-state index contributed by atoms with van der Waals surface area (Å²) in [6.45, 7) is 1.77. The molecule has 6 heteroatoms. The number of thiophene rings is 1. The fourth-order valence-corrected chi connectivity index (χ4v) is 3.14. The molecule has 0 saturated carbocycles. The van der Waals surface area contributed by atoms with Crippen molar-refractivity contribution >= 4 is 29.0 Å². The van der Waals surface area contributed by atoms with E-state index >= 15 is 0 Å². The number of esters is 1. The van der Waals surface area contributed by atoms with Gasteiger partial charge in [0.2, 0.25) is 11.7 Å². The predicted octanol–water partition coefficient (Wildman–Crippen LogP) is 2.79. The van der Waals surface area contributed by atoms with Gasteiger partial charge >= 0.3 is 5.97 Å². The quantitative estimate of drug-likeness (QED) is 0.552. The Morgan fingerprint density at radius 1 is 1.04 bits per heavy atom. The lowest BCUT2D eigenvalue weighted by molar-refractivity contribution is -0.142. The summed E-state index contributed by atoms with van der Waals surface area (Å²) in [6, 6.07) is 13.3. The molecular formula is C19H21NO4S. The summed E-state index contributed by atoms with van der Waals surface area (Å²) in [5.74, 6) is -0.654. The molecule has 2 aromatic rings. The number of aryl methyl sites for hydroxylation is 1. The van der Waals surface area contributed by atoms with Crippen molar-refractivity contribution in [2.24, 2.45) is 0 Å². The molecule has 2 rings (SSSR count). The molecule has 132 valence electrons. The predicted molar refractivity (Wildman–Crippen MR) is 96.8 cm³/mol. The van der Waals surface area contributed by atoms with Crippen molar-refractivity contribution < 1.29 is 19.1 Å². The highest BCUT2D eigenvalue weighted by molar-refractivity contribution is 7.14. The first-order valence-electron chi connectivity index (χ1n) is 8.10. The smallest absolute Gasteiger partial charge is 0.306 e. The Morgan fingerprint density at radius 2 is 1.80 bits per heavy atom. The molecular weight excluding hydrogens is 338 g/mol. The van der Waals surface area contributed by atoms with Crippen LogP contribution >= 0.6 is 11.3 Å². The number of benzene rings is 1. The van der Waals surface area contributed by atoms with Crippen molar-refractivity contribution in [1.29, 1.82) is 0 Å². The molecule has 0 spiro atoms. The van der Waals surface area contributed by atoms with Gasteiger partial charge in [0, 0.05) is 24.8 Å². The van der Waals surface area contributed by atoms with Gasteiger partial charge in [0.05, 0.1) is 4.88 Å². The molecule has 1 heterocycles. The maximum absolute atomic E-state index is 12.1. The minimum absolute atomic E-state index is 0.0738. The van der Waals surface area contributed by atoms with Crippen molar-refractivity contribution in [1.82, 2.24) is 5.32 Å². The van der Waals surface area contributed by atoms with E-state index in [1.54, 1.807) is 6.07 Å². The second-order valence-electron chi connectivity index (χ2n) is 5.57. The van der Waals surface area contributed by atoms with E-state index in [0.29, 0.717) is 24.3 Å². The molecule has 0 radical (unpaired) electrons. The second kappa shape index (κ2) is 9.74. The standard InChI is InChI=1S/C19H21NO4S/c1-14(21)20-12-11-16-8-9-18(25-16)17(22)13-24-19(23)10-7-15-5-3-2-4-6-15/h2-6,8-9H,7,10-13H2,1H3,(H,20,21).